The van der Waals surface area contributed by atoms with Crippen LogP contribution >= 0.6 is 11.8 Å². The highest BCUT2D eigenvalue weighted by molar-refractivity contribution is 7.99. The Morgan fingerprint density at radius 2 is 1.96 bits per heavy atom. The molecule has 7 nitrogen and oxygen atoms in total. The Labute approximate surface area is 161 Å². The van der Waals surface area contributed by atoms with Crippen molar-refractivity contribution in [2.75, 3.05) is 11.1 Å². The lowest BCUT2D eigenvalue weighted by Gasteiger charge is -2.08. The number of nitrogens with one attached hydrogen (secondary N) is 1. The molecule has 0 atom stereocenters. The predicted molar refractivity (Wildman–Crippen MR) is 101 cm³/mol. The van der Waals surface area contributed by atoms with E-state index in [1.807, 2.05) is 0 Å². The summed E-state index contributed by atoms with van der Waals surface area (Å²) in [6, 6.07) is 9.94. The molecule has 0 radical (unpaired) electrons. The van der Waals surface area contributed by atoms with Gasteiger partial charge >= 0.3 is 0 Å². The summed E-state index contributed by atoms with van der Waals surface area (Å²) >= 11 is 1.09. The second-order valence-electron chi connectivity index (χ2n) is 5.96. The molecule has 0 unspecified atom stereocenters. The molecular formula is C18H13F2N5O2S. The number of hydrogen-bond donors (Lipinski definition) is 1. The summed E-state index contributed by atoms with van der Waals surface area (Å²) in [4.78, 5) is 24.6. The van der Waals surface area contributed by atoms with Gasteiger partial charge in [0.2, 0.25) is 11.7 Å². The number of para-hydroxylation sites is 1. The molecule has 142 valence electrons. The van der Waals surface area contributed by atoms with Gasteiger partial charge in [-0.05, 0) is 24.3 Å². The van der Waals surface area contributed by atoms with Crippen LogP contribution in [0.1, 0.15) is 0 Å². The summed E-state index contributed by atoms with van der Waals surface area (Å²) in [7, 11) is 1.59. The molecule has 0 aliphatic carbocycles. The highest BCUT2D eigenvalue weighted by atomic mass is 32.2. The first-order valence-corrected chi connectivity index (χ1v) is 9.15. The molecule has 0 fully saturated rings. The van der Waals surface area contributed by atoms with Gasteiger partial charge < -0.3 is 5.32 Å². The molecule has 0 aliphatic rings. The van der Waals surface area contributed by atoms with E-state index in [-0.39, 0.29) is 17.0 Å². The van der Waals surface area contributed by atoms with Crippen LogP contribution in [0.15, 0.2) is 52.4 Å². The van der Waals surface area contributed by atoms with E-state index in [4.69, 9.17) is 0 Å². The molecule has 0 aliphatic heterocycles. The molecule has 28 heavy (non-hydrogen) atoms. The molecule has 0 saturated heterocycles. The Hall–Kier alpha value is -3.27. The number of thioether (sulfide) groups is 1. The van der Waals surface area contributed by atoms with E-state index in [1.54, 1.807) is 35.7 Å². The lowest BCUT2D eigenvalue weighted by Crippen LogP contribution is -2.20. The maximum atomic E-state index is 13.7. The molecule has 0 bridgehead atoms. The Kier molecular flexibility index (Phi) is 4.55. The number of aryl methyl sites for hydroxylation is 1. The van der Waals surface area contributed by atoms with E-state index >= 15 is 0 Å². The molecule has 1 amide bonds. The Morgan fingerprint density at radius 1 is 1.18 bits per heavy atom. The number of carbonyl (C=O) groups excluding carboxylic acids is 1. The Morgan fingerprint density at radius 3 is 2.75 bits per heavy atom. The van der Waals surface area contributed by atoms with Gasteiger partial charge in [0.15, 0.2) is 5.16 Å². The number of rotatable bonds is 4. The first-order chi connectivity index (χ1) is 13.5. The minimum atomic E-state index is -0.854. The van der Waals surface area contributed by atoms with Gasteiger partial charge in [-0.15, -0.1) is 10.2 Å². The van der Waals surface area contributed by atoms with Gasteiger partial charge in [0.25, 0.3) is 5.56 Å². The largest absolute Gasteiger partial charge is 0.323 e. The SMILES string of the molecule is Cn1c(=O)c2ccccc2n2c(SCC(=O)Nc3ccc(F)cc3F)nnc12. The van der Waals surface area contributed by atoms with E-state index in [9.17, 15) is 18.4 Å². The molecule has 10 heteroatoms. The van der Waals surface area contributed by atoms with Crippen LogP contribution in [0.3, 0.4) is 0 Å². The van der Waals surface area contributed by atoms with Crippen LogP contribution in [0.5, 0.6) is 0 Å². The van der Waals surface area contributed by atoms with Crippen LogP contribution in [0.4, 0.5) is 14.5 Å². The van der Waals surface area contributed by atoms with Gasteiger partial charge in [-0.25, -0.2) is 8.78 Å². The van der Waals surface area contributed by atoms with E-state index in [0.29, 0.717) is 27.9 Å². The Bertz CT molecular complexity index is 1280. The van der Waals surface area contributed by atoms with Crippen molar-refractivity contribution in [1.82, 2.24) is 19.2 Å². The minimum Gasteiger partial charge on any atom is -0.323 e. The fraction of sp³-hybridized carbons (Fsp3) is 0.111. The number of anilines is 1. The van der Waals surface area contributed by atoms with Gasteiger partial charge in [-0.2, -0.15) is 0 Å². The number of nitrogens with zero attached hydrogens (tertiary/aromatic N) is 4. The zero-order chi connectivity index (χ0) is 19.8. The van der Waals surface area contributed by atoms with E-state index < -0.39 is 17.5 Å². The first kappa shape index (κ1) is 18.1. The predicted octanol–water partition coefficient (Wildman–Crippen LogP) is 2.59. The summed E-state index contributed by atoms with van der Waals surface area (Å²) in [6.45, 7) is 0. The third kappa shape index (κ3) is 3.11. The van der Waals surface area contributed by atoms with Crippen molar-refractivity contribution in [3.63, 3.8) is 0 Å². The van der Waals surface area contributed by atoms with Crippen LogP contribution in [0, 0.1) is 11.6 Å². The fourth-order valence-electron chi connectivity index (χ4n) is 2.81. The average Bonchev–Trinajstić information content (AvgIpc) is 3.11. The smallest absolute Gasteiger partial charge is 0.262 e. The number of halogens is 2. The zero-order valence-electron chi connectivity index (χ0n) is 14.5. The molecule has 0 spiro atoms. The van der Waals surface area contributed by atoms with E-state index in [2.05, 4.69) is 15.5 Å². The van der Waals surface area contributed by atoms with Crippen molar-refractivity contribution in [3.8, 4) is 0 Å². The molecule has 2 heterocycles. The third-order valence-corrected chi connectivity index (χ3v) is 5.06. The molecule has 4 rings (SSSR count). The number of benzene rings is 2. The van der Waals surface area contributed by atoms with Gasteiger partial charge in [0, 0.05) is 13.1 Å². The summed E-state index contributed by atoms with van der Waals surface area (Å²) in [6.07, 6.45) is 0. The molecule has 2 aromatic carbocycles. The second-order valence-corrected chi connectivity index (χ2v) is 6.90. The molecule has 2 aromatic heterocycles. The van der Waals surface area contributed by atoms with Crippen LogP contribution < -0.4 is 10.9 Å². The topological polar surface area (TPSA) is 81.3 Å². The van der Waals surface area contributed by atoms with Crippen molar-refractivity contribution in [2.45, 2.75) is 5.16 Å². The molecule has 4 aromatic rings. The fourth-order valence-corrected chi connectivity index (χ4v) is 3.55. The lowest BCUT2D eigenvalue weighted by atomic mass is 10.2. The number of fused-ring (bicyclic) bond motifs is 3. The molecular weight excluding hydrogens is 388 g/mol. The number of aromatic nitrogens is 4. The van der Waals surface area contributed by atoms with Crippen LogP contribution in [0.25, 0.3) is 16.7 Å². The molecule has 1 N–H and O–H groups in total. The van der Waals surface area contributed by atoms with E-state index in [0.717, 1.165) is 23.9 Å². The summed E-state index contributed by atoms with van der Waals surface area (Å²) in [5.41, 5.74) is 0.320. The monoisotopic (exact) mass is 401 g/mol. The van der Waals surface area contributed by atoms with Gasteiger partial charge in [0.05, 0.1) is 22.3 Å². The highest BCUT2D eigenvalue weighted by Crippen LogP contribution is 2.22. The lowest BCUT2D eigenvalue weighted by molar-refractivity contribution is -0.113. The normalized spacial score (nSPS) is 11.2. The highest BCUT2D eigenvalue weighted by Gasteiger charge is 2.16. The van der Waals surface area contributed by atoms with Crippen molar-refractivity contribution < 1.29 is 13.6 Å². The van der Waals surface area contributed by atoms with Crippen molar-refractivity contribution in [3.05, 3.63) is 64.5 Å². The number of carbonyl (C=O) groups is 1. The van der Waals surface area contributed by atoms with Gasteiger partial charge in [-0.1, -0.05) is 23.9 Å². The van der Waals surface area contributed by atoms with Crippen molar-refractivity contribution in [2.24, 2.45) is 7.05 Å². The summed E-state index contributed by atoms with van der Waals surface area (Å²) < 4.78 is 29.7. The standard InChI is InChI=1S/C18H13F2N5O2S/c1-24-16(27)11-4-2-3-5-14(11)25-17(24)22-23-18(25)28-9-15(26)21-13-7-6-10(19)8-12(13)20/h2-8H,9H2,1H3,(H,21,26). The van der Waals surface area contributed by atoms with E-state index in [1.165, 1.54) is 4.57 Å². The maximum absolute atomic E-state index is 13.7. The van der Waals surface area contributed by atoms with Crippen molar-refractivity contribution in [1.29, 1.82) is 0 Å². The quantitative estimate of drug-likeness (QED) is 0.532. The molecule has 0 saturated carbocycles. The van der Waals surface area contributed by atoms with Crippen LogP contribution in [0.2, 0.25) is 0 Å². The second kappa shape index (κ2) is 7.04. The number of hydrogen-bond acceptors (Lipinski definition) is 5. The van der Waals surface area contributed by atoms with Crippen molar-refractivity contribution >= 4 is 40.0 Å². The van der Waals surface area contributed by atoms with Crippen LogP contribution in [-0.2, 0) is 11.8 Å². The summed E-state index contributed by atoms with van der Waals surface area (Å²) in [5, 5.41) is 11.4. The summed E-state index contributed by atoms with van der Waals surface area (Å²) in [5.74, 6) is -1.79. The maximum Gasteiger partial charge on any atom is 0.262 e. The Balaban J connectivity index is 1.62. The van der Waals surface area contributed by atoms with Gasteiger partial charge in [-0.3, -0.25) is 18.6 Å². The third-order valence-electron chi connectivity index (χ3n) is 4.13. The van der Waals surface area contributed by atoms with Crippen LogP contribution in [-0.4, -0.2) is 30.8 Å². The number of amides is 1. The average molecular weight is 401 g/mol. The zero-order valence-corrected chi connectivity index (χ0v) is 15.3. The minimum absolute atomic E-state index is 0.0746. The first-order valence-electron chi connectivity index (χ1n) is 8.16. The van der Waals surface area contributed by atoms with Gasteiger partial charge in [0.1, 0.15) is 11.6 Å².